The molecule has 1 aromatic rings. The first-order valence-electron chi connectivity index (χ1n) is 7.24. The third kappa shape index (κ3) is 5.53. The average molecular weight is 312 g/mol. The van der Waals surface area contributed by atoms with Gasteiger partial charge in [0.25, 0.3) is 0 Å². The Labute approximate surface area is 120 Å². The van der Waals surface area contributed by atoms with Crippen LogP contribution in [0, 0.1) is 0 Å². The van der Waals surface area contributed by atoms with Crippen LogP contribution in [0.25, 0.3) is 0 Å². The van der Waals surface area contributed by atoms with Crippen LogP contribution in [0.2, 0.25) is 0 Å². The van der Waals surface area contributed by atoms with Gasteiger partial charge < -0.3 is 5.73 Å². The standard InChI is InChI=1S/C16H26BrN/c1-2-3-4-5-6-7-10-14(13-18)15-11-8-9-12-16(15)17/h8-9,11-12,14H,2-7,10,13,18H2,1H3. The highest BCUT2D eigenvalue weighted by atomic mass is 79.9. The minimum Gasteiger partial charge on any atom is -0.330 e. The van der Waals surface area contributed by atoms with Crippen molar-refractivity contribution in [1.29, 1.82) is 0 Å². The molecule has 2 heteroatoms. The number of halogens is 1. The molecule has 18 heavy (non-hydrogen) atoms. The molecule has 0 amide bonds. The zero-order chi connectivity index (χ0) is 13.2. The molecule has 1 nitrogen and oxygen atoms in total. The van der Waals surface area contributed by atoms with E-state index in [-0.39, 0.29) is 0 Å². The van der Waals surface area contributed by atoms with E-state index in [0.717, 1.165) is 6.54 Å². The van der Waals surface area contributed by atoms with Crippen LogP contribution in [-0.2, 0) is 0 Å². The SMILES string of the molecule is CCCCCCCCC(CN)c1ccccc1Br. The summed E-state index contributed by atoms with van der Waals surface area (Å²) in [6.45, 7) is 3.01. The van der Waals surface area contributed by atoms with E-state index < -0.39 is 0 Å². The van der Waals surface area contributed by atoms with Crippen LogP contribution >= 0.6 is 15.9 Å². The molecule has 0 aliphatic rings. The lowest BCUT2D eigenvalue weighted by Gasteiger charge is -2.16. The zero-order valence-electron chi connectivity index (χ0n) is 11.5. The van der Waals surface area contributed by atoms with E-state index >= 15 is 0 Å². The van der Waals surface area contributed by atoms with Crippen molar-refractivity contribution in [2.45, 2.75) is 57.8 Å². The maximum absolute atomic E-state index is 5.92. The van der Waals surface area contributed by atoms with Gasteiger partial charge in [0, 0.05) is 4.47 Å². The van der Waals surface area contributed by atoms with Gasteiger partial charge in [-0.3, -0.25) is 0 Å². The lowest BCUT2D eigenvalue weighted by Crippen LogP contribution is -2.13. The van der Waals surface area contributed by atoms with E-state index in [1.807, 2.05) is 0 Å². The highest BCUT2D eigenvalue weighted by Gasteiger charge is 2.11. The Morgan fingerprint density at radius 1 is 1.06 bits per heavy atom. The minimum absolute atomic E-state index is 0.506. The van der Waals surface area contributed by atoms with Gasteiger partial charge in [-0.2, -0.15) is 0 Å². The minimum atomic E-state index is 0.506. The molecule has 0 aliphatic heterocycles. The van der Waals surface area contributed by atoms with Gasteiger partial charge in [-0.05, 0) is 30.5 Å². The maximum atomic E-state index is 5.92. The van der Waals surface area contributed by atoms with Crippen molar-refractivity contribution in [2.75, 3.05) is 6.54 Å². The van der Waals surface area contributed by atoms with Crippen molar-refractivity contribution >= 4 is 15.9 Å². The molecule has 0 saturated heterocycles. The third-order valence-corrected chi connectivity index (χ3v) is 4.26. The number of benzene rings is 1. The lowest BCUT2D eigenvalue weighted by atomic mass is 9.93. The maximum Gasteiger partial charge on any atom is 0.0210 e. The Morgan fingerprint density at radius 2 is 1.72 bits per heavy atom. The van der Waals surface area contributed by atoms with Crippen LogP contribution < -0.4 is 5.73 Å². The molecule has 2 N–H and O–H groups in total. The van der Waals surface area contributed by atoms with E-state index in [1.54, 1.807) is 0 Å². The summed E-state index contributed by atoms with van der Waals surface area (Å²) in [6, 6.07) is 8.47. The number of rotatable bonds is 9. The summed E-state index contributed by atoms with van der Waals surface area (Å²) in [4.78, 5) is 0. The molecule has 0 radical (unpaired) electrons. The van der Waals surface area contributed by atoms with Gasteiger partial charge in [-0.1, -0.05) is 79.6 Å². The molecule has 0 saturated carbocycles. The van der Waals surface area contributed by atoms with E-state index in [9.17, 15) is 0 Å². The second-order valence-electron chi connectivity index (χ2n) is 5.01. The largest absolute Gasteiger partial charge is 0.330 e. The third-order valence-electron chi connectivity index (χ3n) is 3.54. The molecule has 1 unspecified atom stereocenters. The zero-order valence-corrected chi connectivity index (χ0v) is 13.1. The number of hydrogen-bond acceptors (Lipinski definition) is 1. The molecule has 0 spiro atoms. The van der Waals surface area contributed by atoms with Crippen molar-refractivity contribution in [3.63, 3.8) is 0 Å². The summed E-state index contributed by atoms with van der Waals surface area (Å²) in [5.74, 6) is 0.506. The van der Waals surface area contributed by atoms with Crippen LogP contribution in [0.5, 0.6) is 0 Å². The predicted molar refractivity (Wildman–Crippen MR) is 83.9 cm³/mol. The fourth-order valence-corrected chi connectivity index (χ4v) is 2.99. The molecule has 0 aliphatic carbocycles. The molecule has 1 rings (SSSR count). The molecule has 1 aromatic carbocycles. The van der Waals surface area contributed by atoms with Crippen molar-refractivity contribution < 1.29 is 0 Å². The Bertz CT molecular complexity index is 325. The van der Waals surface area contributed by atoms with Gasteiger partial charge in [-0.15, -0.1) is 0 Å². The fraction of sp³-hybridized carbons (Fsp3) is 0.625. The first kappa shape index (κ1) is 15.7. The van der Waals surface area contributed by atoms with Crippen LogP contribution in [0.3, 0.4) is 0 Å². The molecule has 0 aromatic heterocycles. The number of hydrogen-bond donors (Lipinski definition) is 1. The van der Waals surface area contributed by atoms with Gasteiger partial charge >= 0.3 is 0 Å². The van der Waals surface area contributed by atoms with Crippen molar-refractivity contribution in [3.8, 4) is 0 Å². The quantitative estimate of drug-likeness (QED) is 0.620. The predicted octanol–water partition coefficient (Wildman–Crippen LogP) is 5.24. The summed E-state index contributed by atoms with van der Waals surface area (Å²) >= 11 is 3.63. The molecule has 0 fully saturated rings. The van der Waals surface area contributed by atoms with E-state index in [1.165, 1.54) is 55.0 Å². The van der Waals surface area contributed by atoms with E-state index in [0.29, 0.717) is 5.92 Å². The summed E-state index contributed by atoms with van der Waals surface area (Å²) in [5, 5.41) is 0. The monoisotopic (exact) mass is 311 g/mol. The molecular weight excluding hydrogens is 286 g/mol. The normalized spacial score (nSPS) is 12.6. The topological polar surface area (TPSA) is 26.0 Å². The van der Waals surface area contributed by atoms with E-state index in [4.69, 9.17) is 5.73 Å². The van der Waals surface area contributed by atoms with Gasteiger partial charge in [-0.25, -0.2) is 0 Å². The Kier molecular flexibility index (Phi) is 8.36. The number of unbranched alkanes of at least 4 members (excludes halogenated alkanes) is 5. The molecular formula is C16H26BrN. The highest BCUT2D eigenvalue weighted by Crippen LogP contribution is 2.28. The van der Waals surface area contributed by atoms with Crippen LogP contribution in [0.15, 0.2) is 28.7 Å². The summed E-state index contributed by atoms with van der Waals surface area (Å²) in [5.41, 5.74) is 7.28. The molecule has 1 atom stereocenters. The first-order valence-corrected chi connectivity index (χ1v) is 8.03. The smallest absolute Gasteiger partial charge is 0.0210 e. The Morgan fingerprint density at radius 3 is 2.39 bits per heavy atom. The van der Waals surface area contributed by atoms with Crippen molar-refractivity contribution in [1.82, 2.24) is 0 Å². The summed E-state index contributed by atoms with van der Waals surface area (Å²) in [7, 11) is 0. The van der Waals surface area contributed by atoms with Gasteiger partial charge in [0.05, 0.1) is 0 Å². The molecule has 0 bridgehead atoms. The highest BCUT2D eigenvalue weighted by molar-refractivity contribution is 9.10. The second-order valence-corrected chi connectivity index (χ2v) is 5.86. The summed E-state index contributed by atoms with van der Waals surface area (Å²) in [6.07, 6.45) is 9.33. The van der Waals surface area contributed by atoms with Gasteiger partial charge in [0.15, 0.2) is 0 Å². The van der Waals surface area contributed by atoms with Crippen molar-refractivity contribution in [3.05, 3.63) is 34.3 Å². The first-order chi connectivity index (χ1) is 8.79. The van der Waals surface area contributed by atoms with Gasteiger partial charge in [0.2, 0.25) is 0 Å². The van der Waals surface area contributed by atoms with Crippen molar-refractivity contribution in [2.24, 2.45) is 5.73 Å². The Hall–Kier alpha value is -0.340. The van der Waals surface area contributed by atoms with Gasteiger partial charge in [0.1, 0.15) is 0 Å². The molecule has 102 valence electrons. The Balaban J connectivity index is 2.32. The van der Waals surface area contributed by atoms with Crippen LogP contribution in [-0.4, -0.2) is 6.54 Å². The number of nitrogens with two attached hydrogens (primary N) is 1. The van der Waals surface area contributed by atoms with Crippen LogP contribution in [0.1, 0.15) is 63.4 Å². The summed E-state index contributed by atoms with van der Waals surface area (Å²) < 4.78 is 1.20. The average Bonchev–Trinajstić information content (AvgIpc) is 2.39. The van der Waals surface area contributed by atoms with E-state index in [2.05, 4.69) is 47.1 Å². The van der Waals surface area contributed by atoms with Crippen LogP contribution in [0.4, 0.5) is 0 Å². The molecule has 0 heterocycles. The lowest BCUT2D eigenvalue weighted by molar-refractivity contribution is 0.541. The second kappa shape index (κ2) is 9.57. The fourth-order valence-electron chi connectivity index (χ4n) is 2.38.